The number of halogens is 7. The SMILES string of the molecule is FC(F)=CC1CCC(c2ccc(-c3ccc(-c4ccc(OC(F)(F)C=C(F)F)cc4)c(F)c3)cc2)CC1. The third-order valence-electron chi connectivity index (χ3n) is 6.51. The molecule has 0 N–H and O–H groups in total. The fourth-order valence-electron chi connectivity index (χ4n) is 4.69. The van der Waals surface area contributed by atoms with E-state index in [0.29, 0.717) is 17.0 Å². The zero-order valence-corrected chi connectivity index (χ0v) is 19.5. The van der Waals surface area contributed by atoms with Crippen molar-refractivity contribution in [3.8, 4) is 28.0 Å². The Morgan fingerprint density at radius 3 is 1.89 bits per heavy atom. The van der Waals surface area contributed by atoms with E-state index in [0.717, 1.165) is 55.0 Å². The summed E-state index contributed by atoms with van der Waals surface area (Å²) in [6.45, 7) is 0. The molecule has 37 heavy (non-hydrogen) atoms. The van der Waals surface area contributed by atoms with Gasteiger partial charge in [-0.1, -0.05) is 48.5 Å². The zero-order chi connectivity index (χ0) is 26.6. The van der Waals surface area contributed by atoms with E-state index in [4.69, 9.17) is 0 Å². The van der Waals surface area contributed by atoms with Gasteiger partial charge in [-0.15, -0.1) is 0 Å². The third kappa shape index (κ3) is 7.02. The molecule has 0 aromatic heterocycles. The summed E-state index contributed by atoms with van der Waals surface area (Å²) in [5.74, 6) is -0.633. The van der Waals surface area contributed by atoms with Gasteiger partial charge in [-0.25, -0.2) is 4.39 Å². The summed E-state index contributed by atoms with van der Waals surface area (Å²) < 4.78 is 95.1. The Hall–Kier alpha value is -3.55. The van der Waals surface area contributed by atoms with E-state index in [9.17, 15) is 30.7 Å². The Labute approximate surface area is 209 Å². The van der Waals surface area contributed by atoms with Gasteiger partial charge in [0.25, 0.3) is 12.2 Å². The van der Waals surface area contributed by atoms with Gasteiger partial charge in [-0.2, -0.15) is 26.3 Å². The summed E-state index contributed by atoms with van der Waals surface area (Å²) in [6, 6.07) is 17.5. The third-order valence-corrected chi connectivity index (χ3v) is 6.51. The van der Waals surface area contributed by atoms with E-state index >= 15 is 0 Å². The van der Waals surface area contributed by atoms with Crippen LogP contribution in [-0.4, -0.2) is 6.11 Å². The van der Waals surface area contributed by atoms with Crippen LogP contribution in [0.2, 0.25) is 0 Å². The van der Waals surface area contributed by atoms with E-state index < -0.39 is 30.2 Å². The van der Waals surface area contributed by atoms with Gasteiger partial charge in [0.15, 0.2) is 0 Å². The average molecular weight is 520 g/mol. The van der Waals surface area contributed by atoms with E-state index in [1.165, 1.54) is 18.2 Å². The second kappa shape index (κ2) is 11.2. The molecule has 0 spiro atoms. The largest absolute Gasteiger partial charge is 0.429 e. The maximum Gasteiger partial charge on any atom is 0.425 e. The summed E-state index contributed by atoms with van der Waals surface area (Å²) in [5, 5.41) is 0. The number of ether oxygens (including phenoxy) is 1. The zero-order valence-electron chi connectivity index (χ0n) is 19.5. The van der Waals surface area contributed by atoms with Gasteiger partial charge in [0, 0.05) is 5.56 Å². The Balaban J connectivity index is 1.43. The van der Waals surface area contributed by atoms with E-state index in [-0.39, 0.29) is 17.2 Å². The van der Waals surface area contributed by atoms with Crippen molar-refractivity contribution in [1.82, 2.24) is 0 Å². The monoisotopic (exact) mass is 520 g/mol. The normalized spacial score (nSPS) is 17.7. The molecule has 0 bridgehead atoms. The maximum atomic E-state index is 14.9. The molecule has 3 aromatic carbocycles. The van der Waals surface area contributed by atoms with Gasteiger partial charge in [0.05, 0.1) is 6.08 Å². The number of alkyl halides is 2. The topological polar surface area (TPSA) is 9.23 Å². The smallest absolute Gasteiger partial charge is 0.425 e. The standard InChI is InChI=1S/C29H23F7O/c30-26-16-23(21-7-5-20(6-8-21)19-3-1-18(2-4-19)15-27(31)32)11-14-25(26)22-9-12-24(13-10-22)37-29(35,36)17-28(33)34/h5-19H,1-4H2. The van der Waals surface area contributed by atoms with E-state index in [1.807, 2.05) is 24.3 Å². The number of benzene rings is 3. The quantitative estimate of drug-likeness (QED) is 0.282. The predicted octanol–water partition coefficient (Wildman–Crippen LogP) is 9.97. The van der Waals surface area contributed by atoms with Crippen molar-refractivity contribution in [2.75, 3.05) is 0 Å². The lowest BCUT2D eigenvalue weighted by Crippen LogP contribution is -2.21. The molecule has 8 heteroatoms. The molecular formula is C29H23F7O. The summed E-state index contributed by atoms with van der Waals surface area (Å²) in [6.07, 6.45) is -4.79. The molecular weight excluding hydrogens is 497 g/mol. The minimum atomic E-state index is -4.17. The van der Waals surface area contributed by atoms with Crippen LogP contribution < -0.4 is 4.74 Å². The van der Waals surface area contributed by atoms with E-state index in [2.05, 4.69) is 4.74 Å². The molecule has 0 heterocycles. The Kier molecular flexibility index (Phi) is 8.05. The van der Waals surface area contributed by atoms with Crippen LogP contribution in [0.3, 0.4) is 0 Å². The van der Waals surface area contributed by atoms with Crippen molar-refractivity contribution in [3.05, 3.63) is 102 Å². The highest BCUT2D eigenvalue weighted by Crippen LogP contribution is 2.38. The molecule has 1 aliphatic carbocycles. The number of hydrogen-bond acceptors (Lipinski definition) is 1. The first-order valence-electron chi connectivity index (χ1n) is 11.7. The Morgan fingerprint density at radius 2 is 1.32 bits per heavy atom. The molecule has 1 fully saturated rings. The van der Waals surface area contributed by atoms with Gasteiger partial charge in [0.2, 0.25) is 0 Å². The fraction of sp³-hybridized carbons (Fsp3) is 0.241. The van der Waals surface area contributed by atoms with Crippen LogP contribution in [0.25, 0.3) is 22.3 Å². The first kappa shape index (κ1) is 26.5. The highest BCUT2D eigenvalue weighted by molar-refractivity contribution is 5.71. The van der Waals surface area contributed by atoms with Crippen LogP contribution in [-0.2, 0) is 0 Å². The second-order valence-electron chi connectivity index (χ2n) is 9.01. The van der Waals surface area contributed by atoms with E-state index in [1.54, 1.807) is 12.1 Å². The van der Waals surface area contributed by atoms with Crippen molar-refractivity contribution < 1.29 is 35.5 Å². The van der Waals surface area contributed by atoms with Gasteiger partial charge in [-0.05, 0) is 84.0 Å². The molecule has 194 valence electrons. The van der Waals surface area contributed by atoms with Crippen LogP contribution in [0.5, 0.6) is 5.75 Å². The minimum absolute atomic E-state index is 0.0743. The van der Waals surface area contributed by atoms with Gasteiger partial charge >= 0.3 is 6.11 Å². The lowest BCUT2D eigenvalue weighted by molar-refractivity contribution is -0.133. The number of allylic oxidation sites excluding steroid dienone is 1. The second-order valence-corrected chi connectivity index (χ2v) is 9.01. The van der Waals surface area contributed by atoms with Crippen molar-refractivity contribution in [1.29, 1.82) is 0 Å². The molecule has 1 aliphatic rings. The van der Waals surface area contributed by atoms with Crippen LogP contribution >= 0.6 is 0 Å². The van der Waals surface area contributed by atoms with Crippen LogP contribution in [0.4, 0.5) is 30.7 Å². The number of rotatable bonds is 7. The van der Waals surface area contributed by atoms with Crippen LogP contribution in [0.1, 0.15) is 37.2 Å². The van der Waals surface area contributed by atoms with Gasteiger partial charge in [-0.3, -0.25) is 0 Å². The molecule has 0 unspecified atom stereocenters. The summed E-state index contributed by atoms with van der Waals surface area (Å²) in [5.41, 5.74) is 3.23. The molecule has 4 rings (SSSR count). The maximum absolute atomic E-state index is 14.9. The highest BCUT2D eigenvalue weighted by Gasteiger charge is 2.30. The van der Waals surface area contributed by atoms with Gasteiger partial charge < -0.3 is 4.74 Å². The van der Waals surface area contributed by atoms with Gasteiger partial charge in [0.1, 0.15) is 11.6 Å². The Bertz CT molecular complexity index is 1260. The van der Waals surface area contributed by atoms with Crippen LogP contribution in [0, 0.1) is 11.7 Å². The van der Waals surface area contributed by atoms with Crippen molar-refractivity contribution >= 4 is 0 Å². The van der Waals surface area contributed by atoms with Crippen molar-refractivity contribution in [2.45, 2.75) is 37.7 Å². The summed E-state index contributed by atoms with van der Waals surface area (Å²) in [7, 11) is 0. The molecule has 0 radical (unpaired) electrons. The first-order valence-corrected chi connectivity index (χ1v) is 11.7. The lowest BCUT2D eigenvalue weighted by Gasteiger charge is -2.27. The molecule has 3 aromatic rings. The summed E-state index contributed by atoms with van der Waals surface area (Å²) >= 11 is 0. The minimum Gasteiger partial charge on any atom is -0.429 e. The first-order chi connectivity index (χ1) is 17.6. The lowest BCUT2D eigenvalue weighted by atomic mass is 9.78. The molecule has 1 nitrogen and oxygen atoms in total. The molecule has 0 aliphatic heterocycles. The molecule has 1 saturated carbocycles. The fourth-order valence-corrected chi connectivity index (χ4v) is 4.69. The predicted molar refractivity (Wildman–Crippen MR) is 128 cm³/mol. The summed E-state index contributed by atoms with van der Waals surface area (Å²) in [4.78, 5) is 0. The number of hydrogen-bond donors (Lipinski definition) is 0. The molecule has 0 amide bonds. The Morgan fingerprint density at radius 1 is 0.730 bits per heavy atom. The highest BCUT2D eigenvalue weighted by atomic mass is 19.3. The van der Waals surface area contributed by atoms with Crippen LogP contribution in [0.15, 0.2) is 91.0 Å². The molecule has 0 atom stereocenters. The average Bonchev–Trinajstić information content (AvgIpc) is 2.84. The van der Waals surface area contributed by atoms with Crippen molar-refractivity contribution in [3.63, 3.8) is 0 Å². The molecule has 0 saturated heterocycles. The van der Waals surface area contributed by atoms with Crippen molar-refractivity contribution in [2.24, 2.45) is 5.92 Å².